The number of ether oxygens (including phenoxy) is 1. The molecule has 31 heavy (non-hydrogen) atoms. The molecule has 1 atom stereocenters. The average Bonchev–Trinajstić information content (AvgIpc) is 3.40. The maximum atomic E-state index is 5.92. The molecule has 0 saturated carbocycles. The number of H-pyrrole nitrogens is 1. The van der Waals surface area contributed by atoms with Crippen molar-refractivity contribution in [3.8, 4) is 28.6 Å². The van der Waals surface area contributed by atoms with Gasteiger partial charge in [0.25, 0.3) is 5.89 Å². The first-order valence-corrected chi connectivity index (χ1v) is 10.6. The normalized spacial score (nSPS) is 16.7. The number of aromatic amines is 1. The number of anilines is 1. The van der Waals surface area contributed by atoms with E-state index in [1.165, 1.54) is 0 Å². The van der Waals surface area contributed by atoms with Crippen molar-refractivity contribution >= 4 is 16.9 Å². The summed E-state index contributed by atoms with van der Waals surface area (Å²) in [5.74, 6) is 0.976. The number of nitrogens with one attached hydrogen (secondary N) is 3. The Morgan fingerprint density at radius 2 is 2.16 bits per heavy atom. The molecule has 3 aromatic heterocycles. The number of piperidine rings is 1. The Morgan fingerprint density at radius 3 is 3.00 bits per heavy atom. The molecule has 3 N–H and O–H groups in total. The van der Waals surface area contributed by atoms with Crippen LogP contribution in [0.1, 0.15) is 26.7 Å². The minimum absolute atomic E-state index is 0.0352. The summed E-state index contributed by atoms with van der Waals surface area (Å²) in [5, 5.41) is 16.1. The molecule has 1 aliphatic rings. The fourth-order valence-electron chi connectivity index (χ4n) is 3.78. The summed E-state index contributed by atoms with van der Waals surface area (Å²) in [4.78, 5) is 12.1. The smallest absolute Gasteiger partial charge is 0.316 e. The largest absolute Gasteiger partial charge is 0.474 e. The molecule has 0 bridgehead atoms. The summed E-state index contributed by atoms with van der Waals surface area (Å²) in [6.45, 7) is 5.88. The fraction of sp³-hybridized carbons (Fsp3) is 0.364. The van der Waals surface area contributed by atoms with Crippen molar-refractivity contribution < 1.29 is 9.15 Å². The summed E-state index contributed by atoms with van der Waals surface area (Å²) in [5.41, 5.74) is 3.50. The third-order valence-corrected chi connectivity index (χ3v) is 5.23. The van der Waals surface area contributed by atoms with Crippen molar-refractivity contribution in [1.82, 2.24) is 30.5 Å². The van der Waals surface area contributed by atoms with Crippen LogP contribution in [0.2, 0.25) is 0 Å². The van der Waals surface area contributed by atoms with Crippen LogP contribution in [-0.4, -0.2) is 50.4 Å². The van der Waals surface area contributed by atoms with E-state index in [2.05, 4.69) is 35.8 Å². The van der Waals surface area contributed by atoms with Crippen molar-refractivity contribution in [2.24, 2.45) is 0 Å². The number of hydrogen-bond donors (Lipinski definition) is 3. The van der Waals surface area contributed by atoms with Crippen LogP contribution in [0.15, 0.2) is 41.2 Å². The van der Waals surface area contributed by atoms with Gasteiger partial charge in [0.05, 0.1) is 29.8 Å². The Balaban J connectivity index is 1.43. The van der Waals surface area contributed by atoms with Crippen LogP contribution >= 0.6 is 0 Å². The molecule has 5 rings (SSSR count). The average molecular weight is 419 g/mol. The van der Waals surface area contributed by atoms with Crippen LogP contribution in [-0.2, 0) is 0 Å². The summed E-state index contributed by atoms with van der Waals surface area (Å²) in [7, 11) is 0. The third-order valence-electron chi connectivity index (χ3n) is 5.23. The monoisotopic (exact) mass is 419 g/mol. The van der Waals surface area contributed by atoms with Crippen molar-refractivity contribution in [2.75, 3.05) is 18.4 Å². The Morgan fingerprint density at radius 1 is 1.23 bits per heavy atom. The molecule has 1 aromatic carbocycles. The summed E-state index contributed by atoms with van der Waals surface area (Å²) in [6.07, 6.45) is 7.50. The fourth-order valence-corrected chi connectivity index (χ4v) is 3.78. The minimum atomic E-state index is 0.0352. The molecule has 9 nitrogen and oxygen atoms in total. The second-order valence-electron chi connectivity index (χ2n) is 7.97. The summed E-state index contributed by atoms with van der Waals surface area (Å²) >= 11 is 0. The molecule has 1 aliphatic heterocycles. The van der Waals surface area contributed by atoms with E-state index in [-0.39, 0.29) is 6.10 Å². The van der Waals surface area contributed by atoms with Gasteiger partial charge < -0.3 is 24.8 Å². The molecule has 9 heteroatoms. The van der Waals surface area contributed by atoms with E-state index in [4.69, 9.17) is 9.15 Å². The zero-order chi connectivity index (χ0) is 21.2. The lowest BCUT2D eigenvalue weighted by atomic mass is 10.1. The highest BCUT2D eigenvalue weighted by molar-refractivity contribution is 5.96. The first kappa shape index (κ1) is 19.5. The molecular weight excluding hydrogens is 394 g/mol. The zero-order valence-corrected chi connectivity index (χ0v) is 17.6. The Bertz CT molecular complexity index is 1180. The number of aromatic nitrogens is 5. The van der Waals surface area contributed by atoms with E-state index in [1.807, 2.05) is 38.2 Å². The Hall–Kier alpha value is -3.46. The molecule has 0 amide bonds. The number of hydrogen-bond acceptors (Lipinski definition) is 8. The highest BCUT2D eigenvalue weighted by Gasteiger charge is 2.18. The van der Waals surface area contributed by atoms with Gasteiger partial charge in [0.1, 0.15) is 0 Å². The summed E-state index contributed by atoms with van der Waals surface area (Å²) < 4.78 is 11.6. The number of fused-ring (bicyclic) bond motifs is 1. The lowest BCUT2D eigenvalue weighted by molar-refractivity contribution is 0.232. The second kappa shape index (κ2) is 8.35. The van der Waals surface area contributed by atoms with Crippen LogP contribution in [0.25, 0.3) is 33.6 Å². The van der Waals surface area contributed by atoms with Gasteiger partial charge in [-0.1, -0.05) is 11.2 Å². The van der Waals surface area contributed by atoms with E-state index in [0.29, 0.717) is 23.8 Å². The van der Waals surface area contributed by atoms with Crippen molar-refractivity contribution in [2.45, 2.75) is 38.8 Å². The quantitative estimate of drug-likeness (QED) is 0.434. The maximum absolute atomic E-state index is 5.92. The molecule has 160 valence electrons. The molecule has 4 heterocycles. The molecule has 4 aromatic rings. The van der Waals surface area contributed by atoms with Gasteiger partial charge in [-0.05, 0) is 45.4 Å². The molecular formula is C22H25N7O2. The van der Waals surface area contributed by atoms with Gasteiger partial charge in [-0.2, -0.15) is 0 Å². The highest BCUT2D eigenvalue weighted by atomic mass is 16.5. The van der Waals surface area contributed by atoms with E-state index >= 15 is 0 Å². The number of rotatable bonds is 6. The van der Waals surface area contributed by atoms with Gasteiger partial charge in [0, 0.05) is 35.2 Å². The molecule has 1 saturated heterocycles. The Kier molecular flexibility index (Phi) is 5.25. The summed E-state index contributed by atoms with van der Waals surface area (Å²) in [6, 6.07) is 6.80. The van der Waals surface area contributed by atoms with Gasteiger partial charge in [0.15, 0.2) is 0 Å². The number of benzene rings is 1. The molecule has 0 radical (unpaired) electrons. The van der Waals surface area contributed by atoms with E-state index in [1.54, 1.807) is 12.4 Å². The maximum Gasteiger partial charge on any atom is 0.316 e. The van der Waals surface area contributed by atoms with Crippen LogP contribution in [0, 0.1) is 0 Å². The SMILES string of the molecule is CC(C)Oc1cncc(-c2ccc3[nH]cc(-c4nnc(N[C@@H]5CCCNC5)o4)c3c2)n1. The lowest BCUT2D eigenvalue weighted by Gasteiger charge is -2.22. The van der Waals surface area contributed by atoms with Crippen LogP contribution in [0.3, 0.4) is 0 Å². The van der Waals surface area contributed by atoms with Crippen LogP contribution in [0.4, 0.5) is 6.01 Å². The third kappa shape index (κ3) is 4.22. The van der Waals surface area contributed by atoms with Gasteiger partial charge in [-0.3, -0.25) is 4.98 Å². The molecule has 1 fully saturated rings. The van der Waals surface area contributed by atoms with Crippen molar-refractivity contribution in [3.63, 3.8) is 0 Å². The second-order valence-corrected chi connectivity index (χ2v) is 7.97. The topological polar surface area (TPSA) is 114 Å². The van der Waals surface area contributed by atoms with Gasteiger partial charge in [-0.15, -0.1) is 5.10 Å². The first-order chi connectivity index (χ1) is 15.2. The first-order valence-electron chi connectivity index (χ1n) is 10.6. The van der Waals surface area contributed by atoms with Crippen molar-refractivity contribution in [1.29, 1.82) is 0 Å². The highest BCUT2D eigenvalue weighted by Crippen LogP contribution is 2.32. The predicted octanol–water partition coefficient (Wildman–Crippen LogP) is 3.63. The van der Waals surface area contributed by atoms with Gasteiger partial charge >= 0.3 is 6.01 Å². The van der Waals surface area contributed by atoms with E-state index < -0.39 is 0 Å². The van der Waals surface area contributed by atoms with Gasteiger partial charge in [0.2, 0.25) is 5.88 Å². The molecule has 0 spiro atoms. The number of nitrogens with zero attached hydrogens (tertiary/aromatic N) is 4. The van der Waals surface area contributed by atoms with Crippen LogP contribution < -0.4 is 15.4 Å². The standard InChI is InChI=1S/C22H25N7O2/c1-13(2)30-20-12-24-11-19(27-20)14-5-6-18-16(8-14)17(10-25-18)21-28-29-22(31-21)26-15-4-3-7-23-9-15/h5-6,8,10-13,15,23,25H,3-4,7,9H2,1-2H3,(H,26,29)/t15-/m1/s1. The lowest BCUT2D eigenvalue weighted by Crippen LogP contribution is -2.38. The minimum Gasteiger partial charge on any atom is -0.474 e. The predicted molar refractivity (Wildman–Crippen MR) is 118 cm³/mol. The van der Waals surface area contributed by atoms with E-state index in [0.717, 1.165) is 53.7 Å². The molecule has 0 unspecified atom stereocenters. The zero-order valence-electron chi connectivity index (χ0n) is 17.6. The van der Waals surface area contributed by atoms with E-state index in [9.17, 15) is 0 Å². The van der Waals surface area contributed by atoms with Gasteiger partial charge in [-0.25, -0.2) is 4.98 Å². The molecule has 0 aliphatic carbocycles. The van der Waals surface area contributed by atoms with Crippen LogP contribution in [0.5, 0.6) is 5.88 Å². The van der Waals surface area contributed by atoms with Crippen molar-refractivity contribution in [3.05, 3.63) is 36.8 Å². The Labute approximate surface area is 179 Å².